The molecule has 0 bridgehead atoms. The molecule has 0 spiro atoms. The molecule has 0 amide bonds. The third-order valence-electron chi connectivity index (χ3n) is 7.32. The van der Waals surface area contributed by atoms with Crippen LogP contribution in [0.2, 0.25) is 5.02 Å². The number of aromatic nitrogens is 2. The third kappa shape index (κ3) is 3.38. The summed E-state index contributed by atoms with van der Waals surface area (Å²) < 4.78 is 36.6. The lowest BCUT2D eigenvalue weighted by molar-refractivity contribution is 0.107. The fraction of sp³-hybridized carbons (Fsp3) is 0.320. The minimum absolute atomic E-state index is 0.0128. The van der Waals surface area contributed by atoms with Gasteiger partial charge in [0, 0.05) is 10.9 Å². The van der Waals surface area contributed by atoms with Crippen molar-refractivity contribution in [2.75, 3.05) is 25.4 Å². The number of aromatic hydroxyl groups is 1. The van der Waals surface area contributed by atoms with Gasteiger partial charge in [-0.1, -0.05) is 17.7 Å². The molecule has 2 fully saturated rings. The fourth-order valence-corrected chi connectivity index (χ4v) is 6.88. The van der Waals surface area contributed by atoms with Crippen LogP contribution in [0.5, 0.6) is 11.9 Å². The fourth-order valence-electron chi connectivity index (χ4n) is 5.64. The zero-order valence-corrected chi connectivity index (χ0v) is 20.5. The minimum atomic E-state index is -0.844. The Hall–Kier alpha value is -3.26. The number of hydrogen-bond donors (Lipinski definition) is 2. The van der Waals surface area contributed by atoms with E-state index in [0.717, 1.165) is 50.1 Å². The van der Waals surface area contributed by atoms with E-state index in [-0.39, 0.29) is 59.3 Å². The van der Waals surface area contributed by atoms with E-state index in [4.69, 9.17) is 22.1 Å². The van der Waals surface area contributed by atoms with Gasteiger partial charge < -0.3 is 15.6 Å². The van der Waals surface area contributed by atoms with Crippen molar-refractivity contribution in [1.29, 1.82) is 5.26 Å². The van der Waals surface area contributed by atoms with E-state index in [2.05, 4.69) is 14.9 Å². The zero-order valence-electron chi connectivity index (χ0n) is 18.9. The van der Waals surface area contributed by atoms with Gasteiger partial charge in [0.15, 0.2) is 5.82 Å². The number of anilines is 1. The highest BCUT2D eigenvalue weighted by Crippen LogP contribution is 2.45. The molecular weight excluding hydrogens is 508 g/mol. The number of fused-ring (bicyclic) bond motifs is 3. The van der Waals surface area contributed by atoms with E-state index in [1.165, 1.54) is 18.2 Å². The zero-order chi connectivity index (χ0) is 25.2. The molecule has 7 nitrogen and oxygen atoms in total. The second-order valence-corrected chi connectivity index (χ2v) is 10.7. The molecule has 0 radical (unpaired) electrons. The van der Waals surface area contributed by atoms with Crippen molar-refractivity contribution in [2.45, 2.75) is 31.2 Å². The quantitative estimate of drug-likeness (QED) is 0.355. The van der Waals surface area contributed by atoms with Crippen LogP contribution in [0.15, 0.2) is 18.2 Å². The van der Waals surface area contributed by atoms with Crippen molar-refractivity contribution < 1.29 is 18.6 Å². The van der Waals surface area contributed by atoms with Crippen LogP contribution in [0.1, 0.15) is 31.2 Å². The molecular formula is C25H20ClF2N5O2S. The topological polar surface area (TPSA) is 108 Å². The second-order valence-electron chi connectivity index (χ2n) is 9.23. The molecule has 0 saturated carbocycles. The van der Waals surface area contributed by atoms with Crippen LogP contribution in [0.25, 0.3) is 32.1 Å². The van der Waals surface area contributed by atoms with Crippen LogP contribution < -0.4 is 10.5 Å². The monoisotopic (exact) mass is 527 g/mol. The number of rotatable bonds is 4. The van der Waals surface area contributed by atoms with E-state index in [9.17, 15) is 14.8 Å². The van der Waals surface area contributed by atoms with E-state index < -0.39 is 17.5 Å². The number of nitriles is 1. The Bertz CT molecular complexity index is 1590. The maximum absolute atomic E-state index is 16.0. The van der Waals surface area contributed by atoms with Gasteiger partial charge in [-0.25, -0.2) is 8.78 Å². The normalized spacial score (nSPS) is 17.1. The summed E-state index contributed by atoms with van der Waals surface area (Å²) in [6.07, 6.45) is 4.19. The molecule has 184 valence electrons. The third-order valence-corrected chi connectivity index (χ3v) is 8.65. The summed E-state index contributed by atoms with van der Waals surface area (Å²) in [5.41, 5.74) is 5.83. The number of nitrogens with two attached hydrogens (primary N) is 1. The van der Waals surface area contributed by atoms with Crippen molar-refractivity contribution in [2.24, 2.45) is 0 Å². The van der Waals surface area contributed by atoms with E-state index in [1.54, 1.807) is 0 Å². The Labute approximate surface area is 213 Å². The Balaban J connectivity index is 1.48. The van der Waals surface area contributed by atoms with Gasteiger partial charge in [-0.2, -0.15) is 15.2 Å². The molecule has 6 rings (SSSR count). The standard InChI is InChI=1S/C25H20ClF2N5O2S/c26-15-9-13-20(31-24(32-23(13)34)35-11-25-5-1-7-33(25)8-2-6-25)19(28)18(15)12-3-4-16(27)21-17(12)14(10-29)22(30)36-21/h3-4,9H,1-2,5-8,11,30H2,(H,31,32,34). The van der Waals surface area contributed by atoms with Crippen LogP contribution in [0, 0.1) is 23.0 Å². The van der Waals surface area contributed by atoms with Gasteiger partial charge in [0.1, 0.15) is 29.0 Å². The first-order chi connectivity index (χ1) is 17.3. The SMILES string of the molecule is N#Cc1c(N)sc2c(F)ccc(-c3c(Cl)cc4c(O)nc(OCC56CCCN5CCC6)nc4c3F)c12. The van der Waals surface area contributed by atoms with Crippen LogP contribution >= 0.6 is 22.9 Å². The summed E-state index contributed by atoms with van der Waals surface area (Å²) in [7, 11) is 0. The first kappa shape index (κ1) is 23.2. The van der Waals surface area contributed by atoms with Gasteiger partial charge >= 0.3 is 6.01 Å². The van der Waals surface area contributed by atoms with Gasteiger partial charge in [0.05, 0.1) is 26.2 Å². The van der Waals surface area contributed by atoms with E-state index in [0.29, 0.717) is 6.61 Å². The smallest absolute Gasteiger partial charge is 0.320 e. The number of hydrogen-bond acceptors (Lipinski definition) is 8. The first-order valence-electron chi connectivity index (χ1n) is 11.5. The molecule has 0 atom stereocenters. The molecule has 0 aliphatic carbocycles. The number of benzene rings is 2. The summed E-state index contributed by atoms with van der Waals surface area (Å²) >= 11 is 7.37. The lowest BCUT2D eigenvalue weighted by Crippen LogP contribution is -2.43. The number of thiophene rings is 1. The van der Waals surface area contributed by atoms with Crippen molar-refractivity contribution in [1.82, 2.24) is 14.9 Å². The van der Waals surface area contributed by atoms with Crippen LogP contribution in [0.4, 0.5) is 13.8 Å². The molecule has 2 aliphatic heterocycles. The molecule has 36 heavy (non-hydrogen) atoms. The largest absolute Gasteiger partial charge is 0.493 e. The van der Waals surface area contributed by atoms with Crippen LogP contribution in [-0.4, -0.2) is 45.2 Å². The number of ether oxygens (including phenoxy) is 1. The molecule has 2 saturated heterocycles. The maximum Gasteiger partial charge on any atom is 0.320 e. The molecule has 4 aromatic rings. The van der Waals surface area contributed by atoms with Gasteiger partial charge in [-0.05, 0) is 56.5 Å². The highest BCUT2D eigenvalue weighted by molar-refractivity contribution is 7.23. The van der Waals surface area contributed by atoms with Crippen molar-refractivity contribution in [3.05, 3.63) is 40.4 Å². The molecule has 2 aromatic carbocycles. The predicted molar refractivity (Wildman–Crippen MR) is 134 cm³/mol. The Morgan fingerprint density at radius 3 is 2.72 bits per heavy atom. The summed E-state index contributed by atoms with van der Waals surface area (Å²) in [6, 6.07) is 5.71. The van der Waals surface area contributed by atoms with Crippen molar-refractivity contribution in [3.8, 4) is 29.1 Å². The van der Waals surface area contributed by atoms with Crippen LogP contribution in [-0.2, 0) is 0 Å². The van der Waals surface area contributed by atoms with Crippen LogP contribution in [0.3, 0.4) is 0 Å². The number of nitrogen functional groups attached to an aromatic ring is 1. The average molecular weight is 528 g/mol. The van der Waals surface area contributed by atoms with E-state index >= 15 is 4.39 Å². The molecule has 11 heteroatoms. The molecule has 3 N–H and O–H groups in total. The van der Waals surface area contributed by atoms with Crippen molar-refractivity contribution >= 4 is 48.9 Å². The maximum atomic E-state index is 16.0. The van der Waals surface area contributed by atoms with Gasteiger partial charge in [-0.3, -0.25) is 4.90 Å². The van der Waals surface area contributed by atoms with Crippen molar-refractivity contribution in [3.63, 3.8) is 0 Å². The average Bonchev–Trinajstić information content (AvgIpc) is 3.52. The lowest BCUT2D eigenvalue weighted by Gasteiger charge is -2.31. The highest BCUT2D eigenvalue weighted by Gasteiger charge is 2.45. The van der Waals surface area contributed by atoms with Gasteiger partial charge in [-0.15, -0.1) is 11.3 Å². The number of nitrogens with zero attached hydrogens (tertiary/aromatic N) is 4. The Morgan fingerprint density at radius 1 is 1.25 bits per heavy atom. The summed E-state index contributed by atoms with van der Waals surface area (Å²) in [6.45, 7) is 2.39. The summed E-state index contributed by atoms with van der Waals surface area (Å²) in [5, 5.41) is 20.4. The Morgan fingerprint density at radius 2 is 2.00 bits per heavy atom. The first-order valence-corrected chi connectivity index (χ1v) is 12.7. The second kappa shape index (κ2) is 8.40. The highest BCUT2D eigenvalue weighted by atomic mass is 35.5. The lowest BCUT2D eigenvalue weighted by atomic mass is 9.95. The predicted octanol–water partition coefficient (Wildman–Crippen LogP) is 5.61. The Kier molecular flexibility index (Phi) is 5.41. The number of halogens is 3. The summed E-state index contributed by atoms with van der Waals surface area (Å²) in [5.74, 6) is -1.88. The summed E-state index contributed by atoms with van der Waals surface area (Å²) in [4.78, 5) is 10.7. The molecule has 4 heterocycles. The molecule has 2 aromatic heterocycles. The molecule has 0 unspecified atom stereocenters. The van der Waals surface area contributed by atoms with Gasteiger partial charge in [0.25, 0.3) is 0 Å². The molecule has 2 aliphatic rings. The van der Waals surface area contributed by atoms with E-state index in [1.807, 2.05) is 6.07 Å². The minimum Gasteiger partial charge on any atom is -0.493 e. The van der Waals surface area contributed by atoms with Gasteiger partial charge in [0.2, 0.25) is 5.88 Å².